The molecule has 0 spiro atoms. The zero-order chi connectivity index (χ0) is 17.3. The Labute approximate surface area is 146 Å². The maximum Gasteiger partial charge on any atom is 0.183 e. The Morgan fingerprint density at radius 3 is 2.30 bits per heavy atom. The van der Waals surface area contributed by atoms with Crippen LogP contribution in [0.3, 0.4) is 0 Å². The van der Waals surface area contributed by atoms with Gasteiger partial charge in [-0.15, -0.1) is 0 Å². The lowest BCUT2D eigenvalue weighted by Gasteiger charge is -2.39. The van der Waals surface area contributed by atoms with Crippen LogP contribution in [0.25, 0.3) is 0 Å². The first-order chi connectivity index (χ1) is 10.9. The fraction of sp³-hybridized carbons (Fsp3) is 1.00. The van der Waals surface area contributed by atoms with Crippen LogP contribution in [0, 0.1) is 17.8 Å². The van der Waals surface area contributed by atoms with E-state index in [1.54, 1.807) is 0 Å². The number of hydrogen-bond acceptors (Lipinski definition) is 1. The molecule has 0 unspecified atom stereocenters. The summed E-state index contributed by atoms with van der Waals surface area (Å²) in [4.78, 5) is 0. The van der Waals surface area contributed by atoms with E-state index < -0.39 is 0 Å². The Balaban J connectivity index is 2.29. The molecule has 0 heterocycles. The molecule has 0 saturated heterocycles. The van der Waals surface area contributed by atoms with E-state index in [1.165, 1.54) is 64.3 Å². The molecule has 0 aromatic carbocycles. The Morgan fingerprint density at radius 2 is 1.65 bits per heavy atom. The lowest BCUT2D eigenvalue weighted by Crippen LogP contribution is -2.45. The van der Waals surface area contributed by atoms with E-state index in [4.69, 9.17) is 4.74 Å². The van der Waals surface area contributed by atoms with Crippen LogP contribution in [0.2, 0.25) is 0 Å². The van der Waals surface area contributed by atoms with E-state index in [2.05, 4.69) is 41.8 Å². The van der Waals surface area contributed by atoms with Gasteiger partial charge in [0.15, 0.2) is 6.73 Å². The third kappa shape index (κ3) is 8.54. The van der Waals surface area contributed by atoms with Crippen molar-refractivity contribution in [1.29, 1.82) is 0 Å². The molecular weight excluding hydrogens is 282 g/mol. The highest BCUT2D eigenvalue weighted by atomic mass is 16.5. The highest BCUT2D eigenvalue weighted by Gasteiger charge is 2.32. The Bertz CT molecular complexity index is 300. The molecule has 0 radical (unpaired) electrons. The molecule has 138 valence electrons. The minimum Gasteiger partial charge on any atom is -0.328 e. The summed E-state index contributed by atoms with van der Waals surface area (Å²) in [6, 6.07) is 0. The van der Waals surface area contributed by atoms with Crippen LogP contribution >= 0.6 is 0 Å². The summed E-state index contributed by atoms with van der Waals surface area (Å²) in [7, 11) is 4.67. The van der Waals surface area contributed by atoms with E-state index in [0.29, 0.717) is 6.10 Å². The summed E-state index contributed by atoms with van der Waals surface area (Å²) in [5.74, 6) is 2.35. The van der Waals surface area contributed by atoms with Crippen molar-refractivity contribution in [2.24, 2.45) is 17.8 Å². The van der Waals surface area contributed by atoms with Crippen molar-refractivity contribution in [3.63, 3.8) is 0 Å². The molecular formula is C21H44NO+. The summed E-state index contributed by atoms with van der Waals surface area (Å²) in [5, 5.41) is 0. The molecule has 0 N–H and O–H groups in total. The van der Waals surface area contributed by atoms with Crippen molar-refractivity contribution in [3.05, 3.63) is 0 Å². The molecule has 1 rings (SSSR count). The van der Waals surface area contributed by atoms with Gasteiger partial charge in [-0.25, -0.2) is 0 Å². The largest absolute Gasteiger partial charge is 0.328 e. The highest BCUT2D eigenvalue weighted by molar-refractivity contribution is 4.81. The predicted molar refractivity (Wildman–Crippen MR) is 101 cm³/mol. The summed E-state index contributed by atoms with van der Waals surface area (Å²) in [6.45, 7) is 11.5. The fourth-order valence-corrected chi connectivity index (χ4v) is 3.99. The van der Waals surface area contributed by atoms with Gasteiger partial charge >= 0.3 is 0 Å². The highest BCUT2D eigenvalue weighted by Crippen LogP contribution is 2.35. The van der Waals surface area contributed by atoms with E-state index in [-0.39, 0.29) is 0 Å². The normalized spacial score (nSPS) is 26.0. The first kappa shape index (κ1) is 21.0. The number of rotatable bonds is 11. The molecule has 0 aromatic heterocycles. The van der Waals surface area contributed by atoms with Crippen LogP contribution in [0.1, 0.15) is 85.5 Å². The zero-order valence-corrected chi connectivity index (χ0v) is 16.9. The van der Waals surface area contributed by atoms with Gasteiger partial charge in [0.1, 0.15) is 0 Å². The summed E-state index contributed by atoms with van der Waals surface area (Å²) < 4.78 is 7.48. The van der Waals surface area contributed by atoms with Crippen LogP contribution in [-0.2, 0) is 4.74 Å². The lowest BCUT2D eigenvalue weighted by atomic mass is 9.75. The second-order valence-corrected chi connectivity index (χ2v) is 9.09. The van der Waals surface area contributed by atoms with E-state index >= 15 is 0 Å². The first-order valence-electron chi connectivity index (χ1n) is 10.3. The van der Waals surface area contributed by atoms with Crippen LogP contribution < -0.4 is 0 Å². The number of unbranched alkanes of at least 4 members (excludes halogenated alkanes) is 5. The molecule has 0 aliphatic heterocycles. The number of hydrogen-bond donors (Lipinski definition) is 0. The van der Waals surface area contributed by atoms with E-state index in [0.717, 1.165) is 29.0 Å². The quantitative estimate of drug-likeness (QED) is 0.262. The fourth-order valence-electron chi connectivity index (χ4n) is 3.99. The number of ether oxygens (including phenoxy) is 1. The summed E-state index contributed by atoms with van der Waals surface area (Å²) in [5.41, 5.74) is 0. The third-order valence-corrected chi connectivity index (χ3v) is 5.72. The van der Waals surface area contributed by atoms with Crippen LogP contribution in [-0.4, -0.2) is 38.0 Å². The first-order valence-corrected chi connectivity index (χ1v) is 10.3. The zero-order valence-electron chi connectivity index (χ0n) is 16.9. The van der Waals surface area contributed by atoms with E-state index in [1.807, 2.05) is 0 Å². The SMILES string of the molecule is CCCCCCCC[N+](C)(C)CO[C@@H]1C[C@H](C)CC[C@H]1C(C)C. The Kier molecular flexibility index (Phi) is 9.77. The van der Waals surface area contributed by atoms with Gasteiger partial charge in [0.05, 0.1) is 26.7 Å². The Morgan fingerprint density at radius 1 is 1.00 bits per heavy atom. The molecule has 23 heavy (non-hydrogen) atoms. The molecule has 1 fully saturated rings. The molecule has 1 aliphatic rings. The molecule has 0 bridgehead atoms. The Hall–Kier alpha value is -0.0800. The monoisotopic (exact) mass is 326 g/mol. The van der Waals surface area contributed by atoms with Gasteiger partial charge in [-0.1, -0.05) is 59.8 Å². The van der Waals surface area contributed by atoms with E-state index in [9.17, 15) is 0 Å². The van der Waals surface area contributed by atoms with Crippen LogP contribution in [0.5, 0.6) is 0 Å². The second-order valence-electron chi connectivity index (χ2n) is 9.09. The molecule has 0 aromatic rings. The maximum atomic E-state index is 6.46. The summed E-state index contributed by atoms with van der Waals surface area (Å²) in [6.07, 6.45) is 12.8. The predicted octanol–water partition coefficient (Wildman–Crippen LogP) is 5.86. The minimum atomic E-state index is 0.487. The van der Waals surface area contributed by atoms with Crippen LogP contribution in [0.4, 0.5) is 0 Å². The van der Waals surface area contributed by atoms with Crippen molar-refractivity contribution in [2.75, 3.05) is 27.4 Å². The van der Waals surface area contributed by atoms with Crippen molar-refractivity contribution in [1.82, 2.24) is 0 Å². The average molecular weight is 327 g/mol. The minimum absolute atomic E-state index is 0.487. The van der Waals surface area contributed by atoms with Crippen molar-refractivity contribution in [2.45, 2.75) is 91.6 Å². The third-order valence-electron chi connectivity index (χ3n) is 5.72. The maximum absolute atomic E-state index is 6.46. The van der Waals surface area contributed by atoms with Gasteiger partial charge in [0, 0.05) is 0 Å². The standard InChI is InChI=1S/C21H44NO/c1-7-8-9-10-11-12-15-22(5,6)17-23-21-16-19(4)13-14-20(21)18(2)3/h18-21H,7-17H2,1-6H3/q+1/t19-,20+,21-/m1/s1. The smallest absolute Gasteiger partial charge is 0.183 e. The summed E-state index contributed by atoms with van der Waals surface area (Å²) >= 11 is 0. The average Bonchev–Trinajstić information content (AvgIpc) is 2.48. The number of nitrogens with zero attached hydrogens (tertiary/aromatic N) is 1. The molecule has 2 heteroatoms. The molecule has 2 nitrogen and oxygen atoms in total. The van der Waals surface area contributed by atoms with Crippen LogP contribution in [0.15, 0.2) is 0 Å². The van der Waals surface area contributed by atoms with Gasteiger partial charge in [-0.3, -0.25) is 0 Å². The number of quaternary nitrogens is 1. The lowest BCUT2D eigenvalue weighted by molar-refractivity contribution is -0.911. The van der Waals surface area contributed by atoms with Gasteiger partial charge in [-0.2, -0.15) is 0 Å². The second kappa shape index (κ2) is 10.7. The van der Waals surface area contributed by atoms with Crippen molar-refractivity contribution >= 4 is 0 Å². The topological polar surface area (TPSA) is 9.23 Å². The van der Waals surface area contributed by atoms with Crippen molar-refractivity contribution < 1.29 is 9.22 Å². The molecule has 0 amide bonds. The molecule has 1 saturated carbocycles. The van der Waals surface area contributed by atoms with Gasteiger partial charge < -0.3 is 9.22 Å². The molecule has 3 atom stereocenters. The van der Waals surface area contributed by atoms with Gasteiger partial charge in [0.2, 0.25) is 0 Å². The van der Waals surface area contributed by atoms with Gasteiger partial charge in [0.25, 0.3) is 0 Å². The molecule has 1 aliphatic carbocycles. The van der Waals surface area contributed by atoms with Crippen molar-refractivity contribution in [3.8, 4) is 0 Å². The van der Waals surface area contributed by atoms with Gasteiger partial charge in [-0.05, 0) is 43.4 Å².